The number of nitrogens with zero attached hydrogens (tertiary/aromatic N) is 3. The second-order valence-corrected chi connectivity index (χ2v) is 8.40. The fraction of sp³-hybridized carbons (Fsp3) is 0.471. The molecule has 0 N–H and O–H groups in total. The number of aromatic nitrogens is 2. The van der Waals surface area contributed by atoms with Crippen LogP contribution in [0.25, 0.3) is 0 Å². The van der Waals surface area contributed by atoms with Crippen molar-refractivity contribution in [2.24, 2.45) is 0 Å². The summed E-state index contributed by atoms with van der Waals surface area (Å²) in [5.41, 5.74) is 1.23. The zero-order chi connectivity index (χ0) is 18.0. The zero-order valence-electron chi connectivity index (χ0n) is 14.4. The van der Waals surface area contributed by atoms with E-state index in [4.69, 9.17) is 4.74 Å². The van der Waals surface area contributed by atoms with E-state index in [0.29, 0.717) is 18.8 Å². The lowest BCUT2D eigenvalue weighted by molar-refractivity contribution is 0.0662. The topological polar surface area (TPSA) is 64.4 Å². The SMILES string of the molecule is Cc1ccc(F)c(CN(C)S(=O)(=O)c2cnn(C3CCOCC3)c2)c1. The van der Waals surface area contributed by atoms with E-state index in [0.717, 1.165) is 22.7 Å². The van der Waals surface area contributed by atoms with Crippen LogP contribution >= 0.6 is 0 Å². The van der Waals surface area contributed by atoms with Gasteiger partial charge in [-0.05, 0) is 25.8 Å². The Kier molecular flexibility index (Phi) is 5.21. The first-order chi connectivity index (χ1) is 11.9. The first-order valence-electron chi connectivity index (χ1n) is 8.21. The second-order valence-electron chi connectivity index (χ2n) is 6.36. The Balaban J connectivity index is 1.78. The van der Waals surface area contributed by atoms with Gasteiger partial charge in [0.25, 0.3) is 0 Å². The number of hydrogen-bond donors (Lipinski definition) is 0. The van der Waals surface area contributed by atoms with Crippen LogP contribution in [0.15, 0.2) is 35.5 Å². The molecule has 0 radical (unpaired) electrons. The van der Waals surface area contributed by atoms with Crippen LogP contribution in [0.5, 0.6) is 0 Å². The highest BCUT2D eigenvalue weighted by molar-refractivity contribution is 7.89. The number of halogens is 1. The summed E-state index contributed by atoms with van der Waals surface area (Å²) in [6.45, 7) is 3.12. The van der Waals surface area contributed by atoms with Gasteiger partial charge in [0.15, 0.2) is 0 Å². The Bertz CT molecular complexity index is 845. The van der Waals surface area contributed by atoms with E-state index in [1.165, 1.54) is 19.3 Å². The number of hydrogen-bond acceptors (Lipinski definition) is 4. The fourth-order valence-electron chi connectivity index (χ4n) is 2.93. The van der Waals surface area contributed by atoms with Crippen LogP contribution in [0, 0.1) is 12.7 Å². The van der Waals surface area contributed by atoms with Gasteiger partial charge < -0.3 is 4.74 Å². The highest BCUT2D eigenvalue weighted by atomic mass is 32.2. The van der Waals surface area contributed by atoms with Crippen LogP contribution in [0.2, 0.25) is 0 Å². The summed E-state index contributed by atoms with van der Waals surface area (Å²) in [6, 6.07) is 4.82. The number of rotatable bonds is 5. The Morgan fingerprint density at radius 2 is 2.08 bits per heavy atom. The molecule has 0 aliphatic carbocycles. The monoisotopic (exact) mass is 367 g/mol. The van der Waals surface area contributed by atoms with Crippen molar-refractivity contribution in [3.05, 3.63) is 47.5 Å². The van der Waals surface area contributed by atoms with Gasteiger partial charge in [0.1, 0.15) is 10.7 Å². The molecule has 6 nitrogen and oxygen atoms in total. The summed E-state index contributed by atoms with van der Waals surface area (Å²) < 4.78 is 47.6. The largest absolute Gasteiger partial charge is 0.381 e. The molecule has 0 atom stereocenters. The molecule has 0 saturated carbocycles. The quantitative estimate of drug-likeness (QED) is 0.815. The Hall–Kier alpha value is -1.77. The molecule has 1 aromatic heterocycles. The van der Waals surface area contributed by atoms with Gasteiger partial charge in [-0.1, -0.05) is 17.7 Å². The smallest absolute Gasteiger partial charge is 0.246 e. The molecule has 0 spiro atoms. The second kappa shape index (κ2) is 7.23. The van der Waals surface area contributed by atoms with Crippen molar-refractivity contribution in [1.82, 2.24) is 14.1 Å². The third-order valence-electron chi connectivity index (χ3n) is 4.45. The molecule has 8 heteroatoms. The minimum Gasteiger partial charge on any atom is -0.381 e. The molecule has 1 aromatic carbocycles. The van der Waals surface area contributed by atoms with Gasteiger partial charge in [-0.15, -0.1) is 0 Å². The summed E-state index contributed by atoms with van der Waals surface area (Å²) in [5.74, 6) is -0.412. The first kappa shape index (κ1) is 18.0. The highest BCUT2D eigenvalue weighted by Crippen LogP contribution is 2.23. The van der Waals surface area contributed by atoms with Gasteiger partial charge in [-0.2, -0.15) is 9.40 Å². The highest BCUT2D eigenvalue weighted by Gasteiger charge is 2.25. The van der Waals surface area contributed by atoms with E-state index in [1.807, 2.05) is 6.92 Å². The van der Waals surface area contributed by atoms with Crippen molar-refractivity contribution in [3.8, 4) is 0 Å². The maximum atomic E-state index is 13.9. The average molecular weight is 367 g/mol. The molecule has 1 aliphatic rings. The number of ether oxygens (including phenoxy) is 1. The predicted octanol–water partition coefficient (Wildman–Crippen LogP) is 2.50. The van der Waals surface area contributed by atoms with Crippen molar-refractivity contribution >= 4 is 10.0 Å². The zero-order valence-corrected chi connectivity index (χ0v) is 15.2. The van der Waals surface area contributed by atoms with Crippen LogP contribution in [-0.4, -0.2) is 42.8 Å². The molecule has 3 rings (SSSR count). The van der Waals surface area contributed by atoms with Crippen molar-refractivity contribution < 1.29 is 17.5 Å². The van der Waals surface area contributed by atoms with Crippen molar-refractivity contribution in [2.75, 3.05) is 20.3 Å². The third-order valence-corrected chi connectivity index (χ3v) is 6.20. The van der Waals surface area contributed by atoms with E-state index in [2.05, 4.69) is 5.10 Å². The maximum Gasteiger partial charge on any atom is 0.246 e. The van der Waals surface area contributed by atoms with Crippen molar-refractivity contribution in [3.63, 3.8) is 0 Å². The van der Waals surface area contributed by atoms with Crippen LogP contribution in [-0.2, 0) is 21.3 Å². The molecule has 25 heavy (non-hydrogen) atoms. The Labute approximate surface area is 147 Å². The maximum absolute atomic E-state index is 13.9. The van der Waals surface area contributed by atoms with Crippen LogP contribution in [0.4, 0.5) is 4.39 Å². The summed E-state index contributed by atoms with van der Waals surface area (Å²) in [7, 11) is -2.29. The molecule has 0 amide bonds. The molecule has 0 bridgehead atoms. The van der Waals surface area contributed by atoms with E-state index in [-0.39, 0.29) is 17.5 Å². The van der Waals surface area contributed by atoms with E-state index in [1.54, 1.807) is 23.0 Å². The lowest BCUT2D eigenvalue weighted by atomic mass is 10.1. The molecular formula is C17H22FN3O3S. The predicted molar refractivity (Wildman–Crippen MR) is 91.1 cm³/mol. The minimum absolute atomic E-state index is 0.0295. The Morgan fingerprint density at radius 1 is 1.36 bits per heavy atom. The molecule has 1 fully saturated rings. The van der Waals surface area contributed by atoms with E-state index >= 15 is 0 Å². The van der Waals surface area contributed by atoms with Gasteiger partial charge in [0.05, 0.1) is 12.2 Å². The summed E-state index contributed by atoms with van der Waals surface area (Å²) >= 11 is 0. The standard InChI is InChI=1S/C17H22FN3O3S/c1-13-3-4-17(18)14(9-13)11-20(2)25(22,23)16-10-19-21(12-16)15-5-7-24-8-6-15/h3-4,9-10,12,15H,5-8,11H2,1-2H3. The average Bonchev–Trinajstić information content (AvgIpc) is 3.10. The number of sulfonamides is 1. The molecule has 1 saturated heterocycles. The van der Waals surface area contributed by atoms with Crippen LogP contribution < -0.4 is 0 Å². The summed E-state index contributed by atoms with van der Waals surface area (Å²) in [5, 5.41) is 4.21. The molecule has 136 valence electrons. The molecule has 2 aromatic rings. The fourth-order valence-corrected chi connectivity index (χ4v) is 4.02. The van der Waals surface area contributed by atoms with Crippen LogP contribution in [0.1, 0.15) is 30.0 Å². The Morgan fingerprint density at radius 3 is 2.80 bits per heavy atom. The summed E-state index contributed by atoms with van der Waals surface area (Å²) in [4.78, 5) is 0.120. The molecule has 2 heterocycles. The van der Waals surface area contributed by atoms with Crippen molar-refractivity contribution in [1.29, 1.82) is 0 Å². The van der Waals surface area contributed by atoms with E-state index in [9.17, 15) is 12.8 Å². The van der Waals surface area contributed by atoms with Gasteiger partial charge in [-0.3, -0.25) is 4.68 Å². The minimum atomic E-state index is -3.73. The lowest BCUT2D eigenvalue weighted by Crippen LogP contribution is -2.27. The summed E-state index contributed by atoms with van der Waals surface area (Å²) in [6.07, 6.45) is 4.53. The molecular weight excluding hydrogens is 345 g/mol. The van der Waals surface area contributed by atoms with Crippen LogP contribution in [0.3, 0.4) is 0 Å². The van der Waals surface area contributed by atoms with Gasteiger partial charge in [-0.25, -0.2) is 12.8 Å². The molecule has 1 aliphatic heterocycles. The van der Waals surface area contributed by atoms with Gasteiger partial charge in [0.2, 0.25) is 10.0 Å². The molecule has 0 unspecified atom stereocenters. The van der Waals surface area contributed by atoms with Gasteiger partial charge in [0, 0.05) is 38.6 Å². The van der Waals surface area contributed by atoms with Gasteiger partial charge >= 0.3 is 0 Å². The normalized spacial score (nSPS) is 16.5. The lowest BCUT2D eigenvalue weighted by Gasteiger charge is -2.22. The van der Waals surface area contributed by atoms with Crippen molar-refractivity contribution in [2.45, 2.75) is 37.2 Å². The first-order valence-corrected chi connectivity index (χ1v) is 9.65. The number of benzene rings is 1. The number of aryl methyl sites for hydroxylation is 1. The third kappa shape index (κ3) is 3.91. The van der Waals surface area contributed by atoms with E-state index < -0.39 is 15.8 Å².